The molecule has 0 bridgehead atoms. The number of aliphatic hydroxyl groups is 1. The van der Waals surface area contributed by atoms with E-state index in [4.69, 9.17) is 9.84 Å². The number of likely N-dealkylation sites (N-methyl/N-ethyl adjacent to an activating group) is 1. The van der Waals surface area contributed by atoms with Gasteiger partial charge in [-0.15, -0.1) is 0 Å². The van der Waals surface area contributed by atoms with Gasteiger partial charge in [0.25, 0.3) is 0 Å². The molecule has 0 spiro atoms. The van der Waals surface area contributed by atoms with Crippen LogP contribution in [0.5, 0.6) is 0 Å². The highest BCUT2D eigenvalue weighted by Crippen LogP contribution is 2.08. The SMILES string of the molecule is C[N+](C)(CCOCCO)Cc1ccccc1.[Cl-]. The van der Waals surface area contributed by atoms with Gasteiger partial charge in [0, 0.05) is 5.56 Å². The molecule has 0 aliphatic carbocycles. The fraction of sp³-hybridized carbons (Fsp3) is 0.538. The number of benzene rings is 1. The predicted octanol–water partition coefficient (Wildman–Crippen LogP) is -1.72. The number of hydrogen-bond acceptors (Lipinski definition) is 2. The molecule has 0 aliphatic heterocycles. The van der Waals surface area contributed by atoms with Crippen LogP contribution in [0.3, 0.4) is 0 Å². The highest BCUT2D eigenvalue weighted by atomic mass is 35.5. The Kier molecular flexibility index (Phi) is 8.17. The van der Waals surface area contributed by atoms with Gasteiger partial charge in [0.15, 0.2) is 0 Å². The summed E-state index contributed by atoms with van der Waals surface area (Å²) in [5.74, 6) is 0. The Bertz CT molecular complexity index is 291. The first-order valence-electron chi connectivity index (χ1n) is 5.68. The second-order valence-corrected chi connectivity index (χ2v) is 4.64. The van der Waals surface area contributed by atoms with Crippen LogP contribution >= 0.6 is 0 Å². The summed E-state index contributed by atoms with van der Waals surface area (Å²) in [6.07, 6.45) is 0. The fourth-order valence-corrected chi connectivity index (χ4v) is 1.64. The summed E-state index contributed by atoms with van der Waals surface area (Å²) in [7, 11) is 4.38. The monoisotopic (exact) mass is 259 g/mol. The van der Waals surface area contributed by atoms with Gasteiger partial charge in [-0.25, -0.2) is 0 Å². The van der Waals surface area contributed by atoms with Gasteiger partial charge in [-0.2, -0.15) is 0 Å². The first-order valence-corrected chi connectivity index (χ1v) is 5.68. The lowest BCUT2D eigenvalue weighted by Gasteiger charge is -2.29. The van der Waals surface area contributed by atoms with E-state index in [-0.39, 0.29) is 19.0 Å². The Balaban J connectivity index is 0.00000256. The average Bonchev–Trinajstić information content (AvgIpc) is 2.25. The number of nitrogens with zero attached hydrogens (tertiary/aromatic N) is 1. The smallest absolute Gasteiger partial charge is 0.104 e. The Morgan fingerprint density at radius 3 is 2.35 bits per heavy atom. The van der Waals surface area contributed by atoms with Gasteiger partial charge in [-0.3, -0.25) is 0 Å². The van der Waals surface area contributed by atoms with Crippen molar-refractivity contribution < 1.29 is 26.7 Å². The molecule has 0 heterocycles. The summed E-state index contributed by atoms with van der Waals surface area (Å²) in [4.78, 5) is 0. The quantitative estimate of drug-likeness (QED) is 0.466. The Morgan fingerprint density at radius 1 is 1.12 bits per heavy atom. The summed E-state index contributed by atoms with van der Waals surface area (Å²) in [5.41, 5.74) is 1.34. The number of rotatable bonds is 7. The lowest BCUT2D eigenvalue weighted by Crippen LogP contribution is -3.00. The van der Waals surface area contributed by atoms with Crippen molar-refractivity contribution in [3.63, 3.8) is 0 Å². The first kappa shape index (κ1) is 16.4. The van der Waals surface area contributed by atoms with Gasteiger partial charge in [-0.05, 0) is 0 Å². The molecule has 0 amide bonds. The van der Waals surface area contributed by atoms with Crippen LogP contribution in [0.1, 0.15) is 5.56 Å². The van der Waals surface area contributed by atoms with Gasteiger partial charge in [0.05, 0.1) is 33.9 Å². The summed E-state index contributed by atoms with van der Waals surface area (Å²) in [6, 6.07) is 10.5. The standard InChI is InChI=1S/C13H22NO2.ClH/c1-14(2,8-10-16-11-9-15)12-13-6-4-3-5-7-13;/h3-7,15H,8-12H2,1-2H3;1H/q+1;/p-1. The minimum absolute atomic E-state index is 0. The van der Waals surface area contributed by atoms with Crippen molar-refractivity contribution in [3.05, 3.63) is 35.9 Å². The van der Waals surface area contributed by atoms with Crippen LogP contribution in [0.4, 0.5) is 0 Å². The Labute approximate surface area is 110 Å². The number of ether oxygens (including phenoxy) is 1. The topological polar surface area (TPSA) is 29.5 Å². The normalized spacial score (nSPS) is 11.0. The van der Waals surface area contributed by atoms with Gasteiger partial charge in [0.1, 0.15) is 13.1 Å². The summed E-state index contributed by atoms with van der Waals surface area (Å²) >= 11 is 0. The molecule has 1 aromatic carbocycles. The number of aliphatic hydroxyl groups excluding tert-OH is 1. The van der Waals surface area contributed by atoms with E-state index in [1.807, 2.05) is 6.07 Å². The van der Waals surface area contributed by atoms with Crippen molar-refractivity contribution in [2.45, 2.75) is 6.54 Å². The van der Waals surface area contributed by atoms with Crippen molar-refractivity contribution >= 4 is 0 Å². The molecule has 1 aromatic rings. The van der Waals surface area contributed by atoms with E-state index in [0.29, 0.717) is 13.2 Å². The zero-order chi connectivity index (χ0) is 11.9. The molecule has 0 saturated heterocycles. The third-order valence-corrected chi connectivity index (χ3v) is 2.53. The van der Waals surface area contributed by atoms with Gasteiger partial charge >= 0.3 is 0 Å². The summed E-state index contributed by atoms with van der Waals surface area (Å²) in [6.45, 7) is 3.19. The lowest BCUT2D eigenvalue weighted by molar-refractivity contribution is -0.904. The maximum Gasteiger partial charge on any atom is 0.104 e. The van der Waals surface area contributed by atoms with Crippen molar-refractivity contribution in [3.8, 4) is 0 Å². The van der Waals surface area contributed by atoms with Crippen LogP contribution in [0.15, 0.2) is 30.3 Å². The molecule has 0 aliphatic rings. The third kappa shape index (κ3) is 7.34. The van der Waals surface area contributed by atoms with Gasteiger partial charge < -0.3 is 26.7 Å². The molecule has 0 fully saturated rings. The molecule has 1 rings (SSSR count). The lowest BCUT2D eigenvalue weighted by atomic mass is 10.2. The largest absolute Gasteiger partial charge is 1.00 e. The maximum absolute atomic E-state index is 8.60. The minimum Gasteiger partial charge on any atom is -1.00 e. The van der Waals surface area contributed by atoms with Crippen LogP contribution in [0, 0.1) is 0 Å². The van der Waals surface area contributed by atoms with Crippen molar-refractivity contribution in [1.82, 2.24) is 0 Å². The van der Waals surface area contributed by atoms with E-state index in [1.165, 1.54) is 5.56 Å². The van der Waals surface area contributed by atoms with E-state index in [0.717, 1.165) is 17.6 Å². The highest BCUT2D eigenvalue weighted by molar-refractivity contribution is 5.13. The minimum atomic E-state index is 0. The van der Waals surface area contributed by atoms with Crippen LogP contribution in [0.25, 0.3) is 0 Å². The second kappa shape index (κ2) is 8.48. The van der Waals surface area contributed by atoms with Crippen molar-refractivity contribution in [1.29, 1.82) is 0 Å². The van der Waals surface area contributed by atoms with Gasteiger partial charge in [-0.1, -0.05) is 30.3 Å². The van der Waals surface area contributed by atoms with Crippen molar-refractivity contribution in [2.75, 3.05) is 40.5 Å². The van der Waals surface area contributed by atoms with Crippen LogP contribution < -0.4 is 12.4 Å². The Hall–Kier alpha value is -0.610. The van der Waals surface area contributed by atoms with E-state index in [9.17, 15) is 0 Å². The van der Waals surface area contributed by atoms with Crippen LogP contribution in [-0.2, 0) is 11.3 Å². The fourth-order valence-electron chi connectivity index (χ4n) is 1.64. The first-order chi connectivity index (χ1) is 7.64. The maximum atomic E-state index is 8.60. The molecule has 98 valence electrons. The van der Waals surface area contributed by atoms with Crippen LogP contribution in [0.2, 0.25) is 0 Å². The molecule has 17 heavy (non-hydrogen) atoms. The highest BCUT2D eigenvalue weighted by Gasteiger charge is 2.15. The third-order valence-electron chi connectivity index (χ3n) is 2.53. The van der Waals surface area contributed by atoms with E-state index in [2.05, 4.69) is 38.4 Å². The predicted molar refractivity (Wildman–Crippen MR) is 65.0 cm³/mol. The number of halogens is 1. The molecule has 0 saturated carbocycles. The van der Waals surface area contributed by atoms with Crippen molar-refractivity contribution in [2.24, 2.45) is 0 Å². The molecule has 3 nitrogen and oxygen atoms in total. The van der Waals surface area contributed by atoms with Crippen LogP contribution in [-0.4, -0.2) is 50.1 Å². The molecule has 0 unspecified atom stereocenters. The summed E-state index contributed by atoms with van der Waals surface area (Å²) < 4.78 is 6.19. The van der Waals surface area contributed by atoms with Gasteiger partial charge in [0.2, 0.25) is 0 Å². The molecular weight excluding hydrogens is 238 g/mol. The summed E-state index contributed by atoms with van der Waals surface area (Å²) in [5, 5.41) is 8.60. The second-order valence-electron chi connectivity index (χ2n) is 4.64. The zero-order valence-corrected chi connectivity index (χ0v) is 11.4. The molecular formula is C13H22ClNO2. The number of hydrogen-bond donors (Lipinski definition) is 1. The number of quaternary nitrogens is 1. The molecule has 1 N–H and O–H groups in total. The Morgan fingerprint density at radius 2 is 1.76 bits per heavy atom. The average molecular weight is 260 g/mol. The molecule has 4 heteroatoms. The zero-order valence-electron chi connectivity index (χ0n) is 10.6. The van der Waals surface area contributed by atoms with E-state index in [1.54, 1.807) is 0 Å². The van der Waals surface area contributed by atoms with E-state index >= 15 is 0 Å². The molecule has 0 atom stereocenters. The van der Waals surface area contributed by atoms with E-state index < -0.39 is 0 Å². The molecule has 0 radical (unpaired) electrons. The molecule has 0 aromatic heterocycles.